The second-order valence-electron chi connectivity index (χ2n) is 6.74. The number of hydrogen-bond donors (Lipinski definition) is 3. The predicted molar refractivity (Wildman–Crippen MR) is 115 cm³/mol. The summed E-state index contributed by atoms with van der Waals surface area (Å²) in [5.41, 5.74) is 7.42. The van der Waals surface area contributed by atoms with Crippen LogP contribution in [0.1, 0.15) is 22.5 Å². The van der Waals surface area contributed by atoms with Crippen molar-refractivity contribution in [2.24, 2.45) is 0 Å². The van der Waals surface area contributed by atoms with E-state index in [1.807, 2.05) is 0 Å². The number of nitrogen functional groups attached to an aromatic ring is 1. The minimum absolute atomic E-state index is 0.0395. The molecule has 2 aromatic carbocycles. The number of aryl methyl sites for hydroxylation is 1. The number of anilines is 2. The Morgan fingerprint density at radius 1 is 1.16 bits per heavy atom. The molecule has 0 aliphatic rings. The van der Waals surface area contributed by atoms with E-state index in [-0.39, 0.29) is 41.8 Å². The van der Waals surface area contributed by atoms with Gasteiger partial charge in [0.2, 0.25) is 0 Å². The van der Waals surface area contributed by atoms with Crippen LogP contribution in [0.2, 0.25) is 0 Å². The van der Waals surface area contributed by atoms with Crippen LogP contribution in [0.15, 0.2) is 42.6 Å². The number of nitrogens with two attached hydrogens (primary N) is 1. The van der Waals surface area contributed by atoms with Crippen molar-refractivity contribution >= 4 is 17.2 Å². The number of hydrogen-bond acceptors (Lipinski definition) is 7. The first-order valence-corrected chi connectivity index (χ1v) is 9.51. The lowest BCUT2D eigenvalue weighted by Gasteiger charge is -2.14. The summed E-state index contributed by atoms with van der Waals surface area (Å²) in [6.45, 7) is 2.14. The molecule has 0 unspecified atom stereocenters. The highest BCUT2D eigenvalue weighted by molar-refractivity contribution is 6.12. The smallest absolute Gasteiger partial charge is 0.180 e. The topological polar surface area (TPSA) is 106 Å². The SMILES string of the molecule is COCCOc1cc(F)c(CNc2ccccc2C(=N)c2ncc(C)c(N)n2)c(F)c1. The lowest BCUT2D eigenvalue weighted by molar-refractivity contribution is 0.146. The number of rotatable bonds is 9. The highest BCUT2D eigenvalue weighted by Gasteiger charge is 2.16. The van der Waals surface area contributed by atoms with Crippen molar-refractivity contribution in [2.45, 2.75) is 13.5 Å². The summed E-state index contributed by atoms with van der Waals surface area (Å²) in [6.07, 6.45) is 1.54. The molecule has 0 saturated heterocycles. The zero-order valence-electron chi connectivity index (χ0n) is 17.2. The average Bonchev–Trinajstić information content (AvgIpc) is 2.75. The van der Waals surface area contributed by atoms with E-state index in [1.54, 1.807) is 37.4 Å². The van der Waals surface area contributed by atoms with Gasteiger partial charge < -0.3 is 20.5 Å². The quantitative estimate of drug-likeness (QED) is 0.355. The Kier molecular flexibility index (Phi) is 7.09. The molecule has 9 heteroatoms. The Morgan fingerprint density at radius 3 is 2.55 bits per heavy atom. The van der Waals surface area contributed by atoms with Crippen LogP contribution in [0.3, 0.4) is 0 Å². The van der Waals surface area contributed by atoms with Gasteiger partial charge in [0.1, 0.15) is 35.5 Å². The van der Waals surface area contributed by atoms with Gasteiger partial charge in [0.15, 0.2) is 5.82 Å². The van der Waals surface area contributed by atoms with Crippen LogP contribution in [-0.2, 0) is 11.3 Å². The molecule has 0 atom stereocenters. The van der Waals surface area contributed by atoms with Crippen LogP contribution >= 0.6 is 0 Å². The molecule has 3 aromatic rings. The number of aromatic nitrogens is 2. The minimum atomic E-state index is -0.734. The molecule has 1 aromatic heterocycles. The van der Waals surface area contributed by atoms with Gasteiger partial charge in [-0.15, -0.1) is 0 Å². The summed E-state index contributed by atoms with van der Waals surface area (Å²) in [5.74, 6) is -0.930. The second kappa shape index (κ2) is 9.94. The van der Waals surface area contributed by atoms with Crippen molar-refractivity contribution in [1.29, 1.82) is 5.41 Å². The van der Waals surface area contributed by atoms with E-state index < -0.39 is 11.6 Å². The molecule has 7 nitrogen and oxygen atoms in total. The summed E-state index contributed by atoms with van der Waals surface area (Å²) in [7, 11) is 1.51. The van der Waals surface area contributed by atoms with Crippen LogP contribution in [0, 0.1) is 24.0 Å². The first-order chi connectivity index (χ1) is 14.9. The zero-order valence-corrected chi connectivity index (χ0v) is 17.2. The van der Waals surface area contributed by atoms with Gasteiger partial charge in [-0.2, -0.15) is 0 Å². The third-order valence-electron chi connectivity index (χ3n) is 4.56. The molecule has 0 amide bonds. The lowest BCUT2D eigenvalue weighted by atomic mass is 10.1. The highest BCUT2D eigenvalue weighted by atomic mass is 19.1. The van der Waals surface area contributed by atoms with Gasteiger partial charge in [0.05, 0.1) is 6.61 Å². The zero-order chi connectivity index (χ0) is 22.4. The molecule has 0 aliphatic heterocycles. The van der Waals surface area contributed by atoms with Crippen LogP contribution in [0.25, 0.3) is 0 Å². The number of benzene rings is 2. The molecule has 4 N–H and O–H groups in total. The Morgan fingerprint density at radius 2 is 1.87 bits per heavy atom. The van der Waals surface area contributed by atoms with Crippen molar-refractivity contribution < 1.29 is 18.3 Å². The molecule has 162 valence electrons. The third-order valence-corrected chi connectivity index (χ3v) is 4.56. The van der Waals surface area contributed by atoms with E-state index >= 15 is 0 Å². The number of nitrogens with one attached hydrogen (secondary N) is 2. The molecular weight excluding hydrogens is 404 g/mol. The van der Waals surface area contributed by atoms with Crippen molar-refractivity contribution in [3.05, 3.63) is 76.7 Å². The number of para-hydroxylation sites is 1. The van der Waals surface area contributed by atoms with E-state index in [0.717, 1.165) is 12.1 Å². The van der Waals surface area contributed by atoms with Gasteiger partial charge >= 0.3 is 0 Å². The first kappa shape index (κ1) is 22.1. The normalized spacial score (nSPS) is 10.7. The lowest BCUT2D eigenvalue weighted by Crippen LogP contribution is -2.13. The third kappa shape index (κ3) is 5.32. The van der Waals surface area contributed by atoms with Crippen molar-refractivity contribution in [2.75, 3.05) is 31.4 Å². The number of nitrogens with zero attached hydrogens (tertiary/aromatic N) is 2. The summed E-state index contributed by atoms with van der Waals surface area (Å²) in [5, 5.41) is 11.5. The standard InChI is InChI=1S/C22H23F2N5O2/c1-13-11-28-22(29-21(13)26)20(25)15-5-3-4-6-19(15)27-12-16-17(23)9-14(10-18(16)24)31-8-7-30-2/h3-6,9-11,25,27H,7-8,12H2,1-2H3,(H2,26,28,29). The summed E-state index contributed by atoms with van der Waals surface area (Å²) in [4.78, 5) is 8.31. The van der Waals surface area contributed by atoms with Crippen molar-refractivity contribution in [3.63, 3.8) is 0 Å². The number of ether oxygens (including phenoxy) is 2. The van der Waals surface area contributed by atoms with E-state index in [2.05, 4.69) is 15.3 Å². The van der Waals surface area contributed by atoms with Crippen LogP contribution < -0.4 is 15.8 Å². The minimum Gasteiger partial charge on any atom is -0.491 e. The molecule has 0 radical (unpaired) electrons. The van der Waals surface area contributed by atoms with E-state index in [0.29, 0.717) is 23.4 Å². The van der Waals surface area contributed by atoms with Crippen LogP contribution in [0.4, 0.5) is 20.3 Å². The molecular formula is C22H23F2N5O2. The second-order valence-corrected chi connectivity index (χ2v) is 6.74. The molecule has 3 rings (SSSR count). The van der Waals surface area contributed by atoms with Crippen molar-refractivity contribution in [1.82, 2.24) is 9.97 Å². The average molecular weight is 427 g/mol. The maximum atomic E-state index is 14.5. The number of halogens is 2. The fourth-order valence-electron chi connectivity index (χ4n) is 2.81. The summed E-state index contributed by atoms with van der Waals surface area (Å²) < 4.78 is 39.0. The molecule has 0 bridgehead atoms. The highest BCUT2D eigenvalue weighted by Crippen LogP contribution is 2.24. The maximum absolute atomic E-state index is 14.5. The predicted octanol–water partition coefficient (Wildman–Crippen LogP) is 3.70. The molecule has 0 aliphatic carbocycles. The van der Waals surface area contributed by atoms with Crippen LogP contribution in [0.5, 0.6) is 5.75 Å². The Balaban J connectivity index is 1.79. The molecule has 1 heterocycles. The van der Waals surface area contributed by atoms with Crippen LogP contribution in [-0.4, -0.2) is 36.0 Å². The Hall–Kier alpha value is -3.59. The largest absolute Gasteiger partial charge is 0.491 e. The van der Waals surface area contributed by atoms with Gasteiger partial charge in [-0.25, -0.2) is 18.7 Å². The summed E-state index contributed by atoms with van der Waals surface area (Å²) >= 11 is 0. The van der Waals surface area contributed by atoms with Crippen molar-refractivity contribution in [3.8, 4) is 5.75 Å². The molecule has 0 fully saturated rings. The fourth-order valence-corrected chi connectivity index (χ4v) is 2.81. The molecule has 0 spiro atoms. The van der Waals surface area contributed by atoms with Gasteiger partial charge in [-0.1, -0.05) is 18.2 Å². The Labute approximate surface area is 178 Å². The van der Waals surface area contributed by atoms with E-state index in [9.17, 15) is 8.78 Å². The number of methoxy groups -OCH3 is 1. The van der Waals surface area contributed by atoms with E-state index in [4.69, 9.17) is 20.6 Å². The van der Waals surface area contributed by atoms with Gasteiger partial charge in [0, 0.05) is 54.4 Å². The maximum Gasteiger partial charge on any atom is 0.180 e. The van der Waals surface area contributed by atoms with E-state index in [1.165, 1.54) is 7.11 Å². The monoisotopic (exact) mass is 427 g/mol. The van der Waals surface area contributed by atoms with Gasteiger partial charge in [-0.3, -0.25) is 5.41 Å². The van der Waals surface area contributed by atoms with Gasteiger partial charge in [0.25, 0.3) is 0 Å². The molecule has 31 heavy (non-hydrogen) atoms. The fraction of sp³-hybridized carbons (Fsp3) is 0.227. The van der Waals surface area contributed by atoms with Gasteiger partial charge in [-0.05, 0) is 13.0 Å². The first-order valence-electron chi connectivity index (χ1n) is 9.51. The summed E-state index contributed by atoms with van der Waals surface area (Å²) in [6, 6.07) is 9.17. The molecule has 0 saturated carbocycles. The Bertz CT molecular complexity index is 1070.